The summed E-state index contributed by atoms with van der Waals surface area (Å²) in [5.74, 6) is 1.12. The first-order chi connectivity index (χ1) is 8.09. The van der Waals surface area contributed by atoms with Crippen LogP contribution < -0.4 is 16.0 Å². The van der Waals surface area contributed by atoms with Crippen LogP contribution in [0.25, 0.3) is 0 Å². The van der Waals surface area contributed by atoms with Gasteiger partial charge < -0.3 is 10.6 Å². The summed E-state index contributed by atoms with van der Waals surface area (Å²) in [5, 5.41) is 8.58. The number of carbonyl (C=O) groups is 2. The van der Waals surface area contributed by atoms with Crippen molar-refractivity contribution in [3.05, 3.63) is 0 Å². The van der Waals surface area contributed by atoms with Crippen molar-refractivity contribution in [3.63, 3.8) is 0 Å². The van der Waals surface area contributed by atoms with E-state index in [1.807, 2.05) is 11.8 Å². The summed E-state index contributed by atoms with van der Waals surface area (Å²) in [6.45, 7) is 3.52. The second-order valence-corrected chi connectivity index (χ2v) is 6.54. The molecular weight excluding hydrogens is 238 g/mol. The predicted octanol–water partition coefficient (Wildman–Crippen LogP) is -0.524. The largest absolute Gasteiger partial charge is 0.353 e. The van der Waals surface area contributed by atoms with Crippen molar-refractivity contribution in [2.24, 2.45) is 0 Å². The van der Waals surface area contributed by atoms with E-state index in [0.717, 1.165) is 6.42 Å². The third-order valence-electron chi connectivity index (χ3n) is 3.27. The van der Waals surface area contributed by atoms with Gasteiger partial charge in [-0.2, -0.15) is 11.8 Å². The van der Waals surface area contributed by atoms with E-state index in [1.165, 1.54) is 12.2 Å². The van der Waals surface area contributed by atoms with Crippen LogP contribution in [0, 0.1) is 0 Å². The van der Waals surface area contributed by atoms with Crippen LogP contribution in [0.5, 0.6) is 0 Å². The normalized spacial score (nSPS) is 33.2. The predicted molar refractivity (Wildman–Crippen MR) is 67.9 cm³/mol. The molecule has 2 unspecified atom stereocenters. The van der Waals surface area contributed by atoms with Crippen molar-refractivity contribution in [2.45, 2.75) is 30.6 Å². The van der Waals surface area contributed by atoms with Crippen LogP contribution in [0.1, 0.15) is 19.8 Å². The molecule has 96 valence electrons. The lowest BCUT2D eigenvalue weighted by Gasteiger charge is -2.27. The van der Waals surface area contributed by atoms with Gasteiger partial charge in [-0.1, -0.05) is 0 Å². The van der Waals surface area contributed by atoms with Crippen LogP contribution in [0.4, 0.5) is 0 Å². The third-order valence-corrected chi connectivity index (χ3v) is 4.80. The number of thioether (sulfide) groups is 1. The molecule has 2 aliphatic rings. The fourth-order valence-electron chi connectivity index (χ4n) is 2.13. The first-order valence-corrected chi connectivity index (χ1v) is 6.99. The molecule has 5 nitrogen and oxygen atoms in total. The fraction of sp³-hybridized carbons (Fsp3) is 0.818. The lowest BCUT2D eigenvalue weighted by molar-refractivity contribution is -0.126. The smallest absolute Gasteiger partial charge is 0.239 e. The summed E-state index contributed by atoms with van der Waals surface area (Å²) < 4.78 is 0.188. The first kappa shape index (κ1) is 12.7. The van der Waals surface area contributed by atoms with E-state index >= 15 is 0 Å². The average molecular weight is 257 g/mol. The van der Waals surface area contributed by atoms with Gasteiger partial charge >= 0.3 is 0 Å². The molecule has 0 aromatic carbocycles. The minimum atomic E-state index is -0.289. The van der Waals surface area contributed by atoms with E-state index in [-0.39, 0.29) is 29.1 Å². The number of rotatable bonds is 3. The molecule has 0 aromatic rings. The second kappa shape index (κ2) is 5.27. The van der Waals surface area contributed by atoms with Crippen molar-refractivity contribution in [1.29, 1.82) is 0 Å². The molecule has 17 heavy (non-hydrogen) atoms. The van der Waals surface area contributed by atoms with E-state index in [1.54, 1.807) is 0 Å². The summed E-state index contributed by atoms with van der Waals surface area (Å²) in [7, 11) is 0. The fourth-order valence-corrected chi connectivity index (χ4v) is 3.37. The molecule has 2 rings (SSSR count). The SMILES string of the molecule is CC1(CNC(=O)C2CNC(=O)CN2)CCCS1. The zero-order chi connectivity index (χ0) is 12.3. The number of carbonyl (C=O) groups excluding carboxylic acids is 2. The lowest BCUT2D eigenvalue weighted by atomic mass is 10.1. The highest BCUT2D eigenvalue weighted by atomic mass is 32.2. The van der Waals surface area contributed by atoms with Gasteiger partial charge in [-0.05, 0) is 25.5 Å². The topological polar surface area (TPSA) is 70.2 Å². The standard InChI is InChI=1S/C11H19N3O2S/c1-11(3-2-4-17-11)7-14-10(16)8-5-13-9(15)6-12-8/h8,12H,2-7H2,1H3,(H,13,15)(H,14,16). The molecule has 0 spiro atoms. The molecule has 0 bridgehead atoms. The molecule has 2 heterocycles. The Bertz CT molecular complexity index is 306. The number of piperazine rings is 1. The molecule has 2 aliphatic heterocycles. The second-order valence-electron chi connectivity index (χ2n) is 4.86. The zero-order valence-corrected chi connectivity index (χ0v) is 10.9. The Labute approximate surface area is 105 Å². The Morgan fingerprint density at radius 3 is 3.06 bits per heavy atom. The molecular formula is C11H19N3O2S. The van der Waals surface area contributed by atoms with E-state index in [2.05, 4.69) is 22.9 Å². The van der Waals surface area contributed by atoms with E-state index < -0.39 is 0 Å². The van der Waals surface area contributed by atoms with Gasteiger partial charge in [-0.3, -0.25) is 14.9 Å². The maximum absolute atomic E-state index is 11.9. The number of amides is 2. The van der Waals surface area contributed by atoms with Crippen molar-refractivity contribution < 1.29 is 9.59 Å². The maximum atomic E-state index is 11.9. The molecule has 6 heteroatoms. The summed E-state index contributed by atoms with van der Waals surface area (Å²) in [6, 6.07) is -0.289. The lowest BCUT2D eigenvalue weighted by Crippen LogP contribution is -2.58. The molecule has 0 aliphatic carbocycles. The molecule has 0 radical (unpaired) electrons. The summed E-state index contributed by atoms with van der Waals surface area (Å²) >= 11 is 1.93. The Kier molecular flexibility index (Phi) is 3.93. The monoisotopic (exact) mass is 257 g/mol. The minimum absolute atomic E-state index is 0.0151. The number of hydrogen-bond acceptors (Lipinski definition) is 4. The van der Waals surface area contributed by atoms with Crippen molar-refractivity contribution >= 4 is 23.6 Å². The molecule has 0 aromatic heterocycles. The number of hydrogen-bond donors (Lipinski definition) is 3. The Hall–Kier alpha value is -0.750. The van der Waals surface area contributed by atoms with E-state index in [9.17, 15) is 9.59 Å². The zero-order valence-electron chi connectivity index (χ0n) is 10.0. The van der Waals surface area contributed by atoms with Crippen LogP contribution in [0.15, 0.2) is 0 Å². The van der Waals surface area contributed by atoms with Gasteiger partial charge in [0.2, 0.25) is 11.8 Å². The highest BCUT2D eigenvalue weighted by molar-refractivity contribution is 8.00. The summed E-state index contributed by atoms with van der Waals surface area (Å²) in [5.41, 5.74) is 0. The third kappa shape index (κ3) is 3.35. The van der Waals surface area contributed by atoms with Crippen LogP contribution in [0.2, 0.25) is 0 Å². The molecule has 2 fully saturated rings. The van der Waals surface area contributed by atoms with Gasteiger partial charge in [0, 0.05) is 17.8 Å². The first-order valence-electron chi connectivity index (χ1n) is 6.01. The van der Waals surface area contributed by atoms with Gasteiger partial charge in [-0.15, -0.1) is 0 Å². The van der Waals surface area contributed by atoms with Gasteiger partial charge in [0.05, 0.1) is 6.54 Å². The molecule has 2 saturated heterocycles. The number of nitrogens with one attached hydrogen (secondary N) is 3. The van der Waals surface area contributed by atoms with Gasteiger partial charge in [0.15, 0.2) is 0 Å². The van der Waals surface area contributed by atoms with Crippen molar-refractivity contribution in [3.8, 4) is 0 Å². The van der Waals surface area contributed by atoms with Crippen LogP contribution in [0.3, 0.4) is 0 Å². The highest BCUT2D eigenvalue weighted by Crippen LogP contribution is 2.36. The minimum Gasteiger partial charge on any atom is -0.353 e. The Morgan fingerprint density at radius 2 is 2.47 bits per heavy atom. The quantitative estimate of drug-likeness (QED) is 0.636. The van der Waals surface area contributed by atoms with Crippen molar-refractivity contribution in [2.75, 3.05) is 25.4 Å². The summed E-state index contributed by atoms with van der Waals surface area (Å²) in [4.78, 5) is 22.8. The van der Waals surface area contributed by atoms with Crippen LogP contribution >= 0.6 is 11.8 Å². The summed E-state index contributed by atoms with van der Waals surface area (Å²) in [6.07, 6.45) is 2.39. The molecule has 3 N–H and O–H groups in total. The molecule has 0 saturated carbocycles. The Morgan fingerprint density at radius 1 is 1.65 bits per heavy atom. The maximum Gasteiger partial charge on any atom is 0.239 e. The Balaban J connectivity index is 1.75. The molecule has 2 amide bonds. The van der Waals surface area contributed by atoms with E-state index in [4.69, 9.17) is 0 Å². The van der Waals surface area contributed by atoms with Crippen LogP contribution in [-0.2, 0) is 9.59 Å². The average Bonchev–Trinajstić information content (AvgIpc) is 2.75. The van der Waals surface area contributed by atoms with Gasteiger partial charge in [0.25, 0.3) is 0 Å². The van der Waals surface area contributed by atoms with Gasteiger partial charge in [-0.25, -0.2) is 0 Å². The van der Waals surface area contributed by atoms with Crippen LogP contribution in [-0.4, -0.2) is 48.0 Å². The van der Waals surface area contributed by atoms with Crippen molar-refractivity contribution in [1.82, 2.24) is 16.0 Å². The highest BCUT2D eigenvalue weighted by Gasteiger charge is 2.31. The van der Waals surface area contributed by atoms with Gasteiger partial charge in [0.1, 0.15) is 6.04 Å². The van der Waals surface area contributed by atoms with E-state index in [0.29, 0.717) is 13.1 Å². The molecule has 2 atom stereocenters.